The second kappa shape index (κ2) is 7.69. The summed E-state index contributed by atoms with van der Waals surface area (Å²) in [7, 11) is 0. The van der Waals surface area contributed by atoms with Gasteiger partial charge in [0.2, 0.25) is 0 Å². The molecule has 0 bridgehead atoms. The lowest BCUT2D eigenvalue weighted by molar-refractivity contribution is 0.0277. The van der Waals surface area contributed by atoms with Gasteiger partial charge >= 0.3 is 0 Å². The van der Waals surface area contributed by atoms with Crippen molar-refractivity contribution in [1.29, 1.82) is 0 Å². The number of amides is 1. The summed E-state index contributed by atoms with van der Waals surface area (Å²) in [6.45, 7) is 4.41. The van der Waals surface area contributed by atoms with Gasteiger partial charge in [0.1, 0.15) is 0 Å². The summed E-state index contributed by atoms with van der Waals surface area (Å²) in [5.74, 6) is -0.295. The molecule has 7 nitrogen and oxygen atoms in total. The molecule has 2 aromatic carbocycles. The Hall–Kier alpha value is -3.03. The fourth-order valence-electron chi connectivity index (χ4n) is 2.95. The number of hydrogen-bond donors (Lipinski definition) is 2. The van der Waals surface area contributed by atoms with E-state index >= 15 is 0 Å². The van der Waals surface area contributed by atoms with E-state index in [0.717, 1.165) is 29.9 Å². The molecule has 0 saturated carbocycles. The van der Waals surface area contributed by atoms with Crippen molar-refractivity contribution in [2.75, 3.05) is 25.0 Å². The van der Waals surface area contributed by atoms with E-state index in [1.54, 1.807) is 10.9 Å². The van der Waals surface area contributed by atoms with E-state index in [-0.39, 0.29) is 17.7 Å². The standard InChI is InChI=1S/C20H21N5O2/c1-14-2-8-17(9-3-14)25-13-18(23-24-25)20(26)22-16-6-4-15(5-7-16)19-12-21-10-11-27-19/h2-9,13,19,21H,10-12H2,1H3,(H,22,26). The third-order valence-corrected chi connectivity index (χ3v) is 4.49. The van der Waals surface area contributed by atoms with Crippen molar-refractivity contribution >= 4 is 11.6 Å². The molecular formula is C20H21N5O2. The number of benzene rings is 2. The first kappa shape index (κ1) is 17.4. The lowest BCUT2D eigenvalue weighted by atomic mass is 10.1. The molecule has 1 unspecified atom stereocenters. The Labute approximate surface area is 157 Å². The van der Waals surface area contributed by atoms with Crippen LogP contribution in [0.1, 0.15) is 27.7 Å². The Kier molecular flexibility index (Phi) is 4.95. The number of nitrogens with zero attached hydrogens (tertiary/aromatic N) is 3. The van der Waals surface area contributed by atoms with Crippen molar-refractivity contribution in [3.63, 3.8) is 0 Å². The average molecular weight is 363 g/mol. The van der Waals surface area contributed by atoms with Gasteiger partial charge in [-0.2, -0.15) is 0 Å². The van der Waals surface area contributed by atoms with Crippen LogP contribution in [0, 0.1) is 6.92 Å². The smallest absolute Gasteiger partial charge is 0.277 e. The molecule has 1 atom stereocenters. The van der Waals surface area contributed by atoms with Gasteiger partial charge in [-0.05, 0) is 36.8 Å². The van der Waals surface area contributed by atoms with Crippen molar-refractivity contribution in [2.24, 2.45) is 0 Å². The highest BCUT2D eigenvalue weighted by atomic mass is 16.5. The molecule has 3 aromatic rings. The third kappa shape index (κ3) is 4.05. The summed E-state index contributed by atoms with van der Waals surface area (Å²) in [5, 5.41) is 14.2. The molecule has 2 N–H and O–H groups in total. The van der Waals surface area contributed by atoms with Crippen LogP contribution in [0.25, 0.3) is 5.69 Å². The van der Waals surface area contributed by atoms with E-state index in [0.29, 0.717) is 12.3 Å². The van der Waals surface area contributed by atoms with Crippen LogP contribution in [0.5, 0.6) is 0 Å². The van der Waals surface area contributed by atoms with Crippen LogP contribution in [0.4, 0.5) is 5.69 Å². The van der Waals surface area contributed by atoms with Crippen LogP contribution in [0.2, 0.25) is 0 Å². The predicted molar refractivity (Wildman–Crippen MR) is 102 cm³/mol. The molecule has 27 heavy (non-hydrogen) atoms. The Balaban J connectivity index is 1.42. The minimum Gasteiger partial charge on any atom is -0.371 e. The minimum absolute atomic E-state index is 0.0536. The Morgan fingerprint density at radius 1 is 1.19 bits per heavy atom. The Bertz CT molecular complexity index is 912. The molecule has 1 aliphatic heterocycles. The number of nitrogens with one attached hydrogen (secondary N) is 2. The number of carbonyl (C=O) groups is 1. The largest absolute Gasteiger partial charge is 0.371 e. The Morgan fingerprint density at radius 2 is 1.96 bits per heavy atom. The third-order valence-electron chi connectivity index (χ3n) is 4.49. The van der Waals surface area contributed by atoms with Crippen LogP contribution in [0.15, 0.2) is 54.7 Å². The van der Waals surface area contributed by atoms with E-state index in [2.05, 4.69) is 20.9 Å². The normalized spacial score (nSPS) is 16.9. The summed E-state index contributed by atoms with van der Waals surface area (Å²) >= 11 is 0. The highest BCUT2D eigenvalue weighted by molar-refractivity contribution is 6.02. The maximum absolute atomic E-state index is 12.4. The number of aromatic nitrogens is 3. The van der Waals surface area contributed by atoms with Crippen molar-refractivity contribution < 1.29 is 9.53 Å². The summed E-state index contributed by atoms with van der Waals surface area (Å²) in [4.78, 5) is 12.4. The van der Waals surface area contributed by atoms with Gasteiger partial charge < -0.3 is 15.4 Å². The van der Waals surface area contributed by atoms with Gasteiger partial charge in [0.25, 0.3) is 5.91 Å². The molecule has 1 saturated heterocycles. The number of anilines is 1. The molecule has 1 amide bonds. The molecule has 2 heterocycles. The first-order valence-electron chi connectivity index (χ1n) is 8.92. The number of hydrogen-bond acceptors (Lipinski definition) is 5. The number of morpholine rings is 1. The van der Waals surface area contributed by atoms with Crippen LogP contribution < -0.4 is 10.6 Å². The van der Waals surface area contributed by atoms with Gasteiger partial charge in [-0.1, -0.05) is 35.0 Å². The topological polar surface area (TPSA) is 81.1 Å². The van der Waals surface area contributed by atoms with Gasteiger partial charge in [-0.3, -0.25) is 4.79 Å². The number of ether oxygens (including phenoxy) is 1. The first-order valence-corrected chi connectivity index (χ1v) is 8.92. The fraction of sp³-hybridized carbons (Fsp3) is 0.250. The van der Waals surface area contributed by atoms with Gasteiger partial charge in [-0.15, -0.1) is 5.10 Å². The minimum atomic E-state index is -0.295. The monoisotopic (exact) mass is 363 g/mol. The molecule has 1 aliphatic rings. The highest BCUT2D eigenvalue weighted by Crippen LogP contribution is 2.21. The molecule has 7 heteroatoms. The second-order valence-electron chi connectivity index (χ2n) is 6.52. The van der Waals surface area contributed by atoms with Crippen molar-refractivity contribution in [2.45, 2.75) is 13.0 Å². The SMILES string of the molecule is Cc1ccc(-n2cc(C(=O)Nc3ccc(C4CNCCO4)cc3)nn2)cc1. The highest BCUT2D eigenvalue weighted by Gasteiger charge is 2.16. The second-order valence-corrected chi connectivity index (χ2v) is 6.52. The summed E-state index contributed by atoms with van der Waals surface area (Å²) in [6, 6.07) is 15.5. The molecule has 0 aliphatic carbocycles. The molecule has 0 spiro atoms. The van der Waals surface area contributed by atoms with Gasteiger partial charge in [0, 0.05) is 18.8 Å². The van der Waals surface area contributed by atoms with Gasteiger partial charge in [-0.25, -0.2) is 4.68 Å². The van der Waals surface area contributed by atoms with Crippen molar-refractivity contribution in [1.82, 2.24) is 20.3 Å². The zero-order valence-corrected chi connectivity index (χ0v) is 15.1. The van der Waals surface area contributed by atoms with Crippen LogP contribution in [-0.4, -0.2) is 40.6 Å². The average Bonchev–Trinajstić information content (AvgIpc) is 3.20. The van der Waals surface area contributed by atoms with Crippen LogP contribution in [-0.2, 0) is 4.74 Å². The van der Waals surface area contributed by atoms with E-state index in [1.165, 1.54) is 0 Å². The molecular weight excluding hydrogens is 342 g/mol. The van der Waals surface area contributed by atoms with Gasteiger partial charge in [0.05, 0.1) is 24.6 Å². The molecule has 0 radical (unpaired) electrons. The molecule has 138 valence electrons. The quantitative estimate of drug-likeness (QED) is 0.744. The molecule has 1 fully saturated rings. The zero-order valence-electron chi connectivity index (χ0n) is 15.1. The van der Waals surface area contributed by atoms with Crippen LogP contribution in [0.3, 0.4) is 0 Å². The van der Waals surface area contributed by atoms with E-state index in [9.17, 15) is 4.79 Å². The first-order chi connectivity index (χ1) is 13.2. The Morgan fingerprint density at radius 3 is 2.67 bits per heavy atom. The zero-order chi connectivity index (χ0) is 18.6. The summed E-state index contributed by atoms with van der Waals surface area (Å²) < 4.78 is 7.32. The lowest BCUT2D eigenvalue weighted by Gasteiger charge is -2.24. The van der Waals surface area contributed by atoms with E-state index in [4.69, 9.17) is 4.74 Å². The number of rotatable bonds is 4. The van der Waals surface area contributed by atoms with Crippen molar-refractivity contribution in [3.8, 4) is 5.69 Å². The maximum atomic E-state index is 12.4. The summed E-state index contributed by atoms with van der Waals surface area (Å²) in [5.41, 5.74) is 4.08. The predicted octanol–water partition coefficient (Wildman–Crippen LogP) is 2.49. The number of carbonyl (C=O) groups excluding carboxylic acids is 1. The molecule has 1 aromatic heterocycles. The van der Waals surface area contributed by atoms with Crippen LogP contribution >= 0.6 is 0 Å². The van der Waals surface area contributed by atoms with Crippen molar-refractivity contribution in [3.05, 3.63) is 71.5 Å². The lowest BCUT2D eigenvalue weighted by Crippen LogP contribution is -2.33. The summed E-state index contributed by atoms with van der Waals surface area (Å²) in [6.07, 6.45) is 1.67. The number of aryl methyl sites for hydroxylation is 1. The van der Waals surface area contributed by atoms with E-state index < -0.39 is 0 Å². The fourth-order valence-corrected chi connectivity index (χ4v) is 2.95. The van der Waals surface area contributed by atoms with E-state index in [1.807, 2.05) is 55.5 Å². The maximum Gasteiger partial charge on any atom is 0.277 e. The van der Waals surface area contributed by atoms with Gasteiger partial charge in [0.15, 0.2) is 5.69 Å². The molecule has 4 rings (SSSR count).